The van der Waals surface area contributed by atoms with Crippen LogP contribution in [0.4, 0.5) is 0 Å². The van der Waals surface area contributed by atoms with Gasteiger partial charge >= 0.3 is 0 Å². The van der Waals surface area contributed by atoms with Crippen LogP contribution in [0.5, 0.6) is 0 Å². The summed E-state index contributed by atoms with van der Waals surface area (Å²) in [6, 6.07) is 15.6. The number of pyridine rings is 4. The van der Waals surface area contributed by atoms with Crippen molar-refractivity contribution < 1.29 is 73.1 Å². The van der Waals surface area contributed by atoms with Crippen LogP contribution in [0.3, 0.4) is 0 Å². The van der Waals surface area contributed by atoms with E-state index >= 15 is 0 Å². The maximum absolute atomic E-state index is 8.58. The molecule has 4 heteroatoms. The Morgan fingerprint density at radius 1 is 0.326 bits per heavy atom. The van der Waals surface area contributed by atoms with E-state index in [0.717, 1.165) is 11.3 Å². The van der Waals surface area contributed by atoms with Gasteiger partial charge in [0.05, 0.1) is 27.4 Å². The maximum atomic E-state index is 8.58. The van der Waals surface area contributed by atoms with Gasteiger partial charge < -0.3 is 0 Å². The Labute approximate surface area is 607 Å². The van der Waals surface area contributed by atoms with Crippen molar-refractivity contribution in [1.82, 2.24) is 0 Å². The van der Waals surface area contributed by atoms with E-state index in [0.29, 0.717) is 67.2 Å². The fourth-order valence-electron chi connectivity index (χ4n) is 10.4. The molecule has 0 radical (unpaired) electrons. The lowest BCUT2D eigenvalue weighted by Gasteiger charge is -2.17. The molecule has 0 spiro atoms. The molecule has 4 nitrogen and oxygen atoms in total. The van der Waals surface area contributed by atoms with Crippen LogP contribution >= 0.6 is 0 Å². The summed E-state index contributed by atoms with van der Waals surface area (Å²) in [4.78, 5) is 0. The molecular formula is C88H96N4+4. The molecule has 0 saturated carbocycles. The summed E-state index contributed by atoms with van der Waals surface area (Å²) in [6.07, 6.45) is 4.91. The molecule has 0 N–H and O–H groups in total. The minimum atomic E-state index is -2.61. The topological polar surface area (TPSA) is 15.5 Å². The number of hydrogen-bond acceptors (Lipinski definition) is 0. The minimum Gasteiger partial charge on any atom is -0.201 e. The van der Waals surface area contributed by atoms with E-state index in [1.54, 1.807) is 112 Å². The fourth-order valence-corrected chi connectivity index (χ4v) is 10.4. The SMILES string of the molecule is [2H]c1c([2H])c([2H])c(-c2cc(-c3cc(C)c(C([2H])([2H])[2H])c[n+]3C)c(C)cc2C([2H])([2H])[2H])c([2H])c1[2H].[2H]c1c([2H])c([2H])c(-c2cc(-c3ccc(C([2H])([2H])C(C)(C)C)c[n+]3C)c(C)cc2C([2H])([2H])[2H])c([2H])c1[2H].[2H]c1c([2H])c([2H])c(-c2cc(-c3ccc(C([2H])([2H])[2H])c[n+]3C)c(C)cc2C([2H])([2H])[2H])c([2H])c1[2H].[2H]c1c([2H])c([2H])c(-c2cc(-c3cccc[n+]3C)c(C)cc2C([2H])([2H])[2H])c([2H])c1[2H]. The van der Waals surface area contributed by atoms with Crippen molar-refractivity contribution in [2.75, 3.05) is 0 Å². The lowest BCUT2D eigenvalue weighted by Crippen LogP contribution is -2.32. The zero-order valence-corrected chi connectivity index (χ0v) is 53.3. The highest BCUT2D eigenvalue weighted by Crippen LogP contribution is 2.36. The van der Waals surface area contributed by atoms with Gasteiger partial charge in [0.1, 0.15) is 28.2 Å². The summed E-state index contributed by atoms with van der Waals surface area (Å²) in [5.41, 5.74) is 7.34. The monoisotopic (exact) mass is 1250 g/mol. The average Bonchev–Trinajstić information content (AvgIpc) is 0.757. The van der Waals surface area contributed by atoms with Gasteiger partial charge in [-0.15, -0.1) is 0 Å². The molecule has 0 unspecified atom stereocenters. The van der Waals surface area contributed by atoms with Crippen molar-refractivity contribution in [1.29, 1.82) is 0 Å². The largest absolute Gasteiger partial charge is 0.212 e. The molecule has 0 aliphatic rings. The van der Waals surface area contributed by atoms with E-state index < -0.39 is 174 Å². The second kappa shape index (κ2) is 29.5. The molecule has 0 bridgehead atoms. The molecule has 0 fully saturated rings. The molecule has 0 aliphatic carbocycles. The normalized spacial score (nSPS) is 18.2. The molecule has 4 heterocycles. The van der Waals surface area contributed by atoms with Crippen molar-refractivity contribution in [3.8, 4) is 89.5 Å². The Morgan fingerprint density at radius 2 is 0.685 bits per heavy atom. The minimum absolute atomic E-state index is 0.00694. The lowest BCUT2D eigenvalue weighted by molar-refractivity contribution is -0.661. The number of nitrogens with zero attached hydrogens (tertiary/aromatic N) is 4. The number of rotatable bonds is 9. The summed E-state index contributed by atoms with van der Waals surface area (Å²) in [5, 5.41) is 0. The van der Waals surface area contributed by atoms with Gasteiger partial charge in [0.15, 0.2) is 24.8 Å². The van der Waals surface area contributed by atoms with Gasteiger partial charge in [0.2, 0.25) is 22.8 Å². The number of aromatic nitrogens is 4. The first-order valence-electron chi connectivity index (χ1n) is 49.1. The average molecular weight is 1250 g/mol. The molecular weight excluding hydrogens is 1110 g/mol. The second-order valence-electron chi connectivity index (χ2n) is 23.1. The molecule has 464 valence electrons. The number of hydrogen-bond donors (Lipinski definition) is 0. The number of aryl methyl sites for hydroxylation is 15. The smallest absolute Gasteiger partial charge is 0.201 e. The lowest BCUT2D eigenvalue weighted by atomic mass is 9.88. The molecule has 12 rings (SSSR count). The molecule has 12 aromatic rings. The van der Waals surface area contributed by atoms with Crippen molar-refractivity contribution in [3.63, 3.8) is 0 Å². The van der Waals surface area contributed by atoms with E-state index in [1.807, 2.05) is 56.8 Å². The van der Waals surface area contributed by atoms with Gasteiger partial charge in [-0.25, -0.2) is 18.3 Å². The Bertz CT molecular complexity index is 6480. The highest BCUT2D eigenvalue weighted by molar-refractivity contribution is 5.79. The van der Waals surface area contributed by atoms with E-state index in [2.05, 4.69) is 0 Å². The summed E-state index contributed by atoms with van der Waals surface area (Å²) < 4.78 is 328. The third-order valence-corrected chi connectivity index (χ3v) is 15.0. The van der Waals surface area contributed by atoms with Gasteiger partial charge in [0, 0.05) is 96.7 Å². The summed E-state index contributed by atoms with van der Waals surface area (Å²) in [5.74, 6) is 0. The Kier molecular flexibility index (Phi) is 10.3. The quantitative estimate of drug-likeness (QED) is 0.128. The summed E-state index contributed by atoms with van der Waals surface area (Å²) >= 11 is 0. The van der Waals surface area contributed by atoms with Gasteiger partial charge in [-0.05, 0) is 225 Å². The fraction of sp³-hybridized carbons (Fsp3) is 0.227. The van der Waals surface area contributed by atoms with Crippen molar-refractivity contribution >= 4 is 0 Å². The van der Waals surface area contributed by atoms with Crippen molar-refractivity contribution in [3.05, 3.63) is 309 Å². The van der Waals surface area contributed by atoms with Crippen LogP contribution in [0.2, 0.25) is 0 Å². The van der Waals surface area contributed by atoms with Crippen LogP contribution in [0.15, 0.2) is 243 Å². The Hall–Kier alpha value is -9.64. The zero-order chi connectivity index (χ0) is 100. The van der Waals surface area contributed by atoms with Crippen LogP contribution in [0.1, 0.15) is 142 Å². The second-order valence-corrected chi connectivity index (χ2v) is 23.1. The molecule has 92 heavy (non-hydrogen) atoms. The van der Waals surface area contributed by atoms with Crippen LogP contribution in [-0.2, 0) is 34.6 Å². The van der Waals surface area contributed by atoms with E-state index in [4.69, 9.17) is 54.8 Å². The maximum Gasteiger partial charge on any atom is 0.212 e. The first-order valence-corrected chi connectivity index (χ1v) is 29.1. The van der Waals surface area contributed by atoms with Gasteiger partial charge in [0.25, 0.3) is 0 Å². The summed E-state index contributed by atoms with van der Waals surface area (Å²) in [7, 11) is 6.95. The first kappa shape index (κ1) is 32.1. The molecule has 0 aliphatic heterocycles. The predicted octanol–water partition coefficient (Wildman–Crippen LogP) is 20.4. The van der Waals surface area contributed by atoms with E-state index in [-0.39, 0.29) is 77.9 Å². The molecule has 8 aromatic carbocycles. The Morgan fingerprint density at radius 3 is 1.03 bits per heavy atom. The van der Waals surface area contributed by atoms with E-state index in [1.165, 1.54) is 54.9 Å². The zero-order valence-electron chi connectivity index (χ0n) is 93.3. The predicted molar refractivity (Wildman–Crippen MR) is 389 cm³/mol. The van der Waals surface area contributed by atoms with Crippen LogP contribution in [-0.4, -0.2) is 0 Å². The highest BCUT2D eigenvalue weighted by Gasteiger charge is 2.21. The molecule has 0 amide bonds. The highest BCUT2D eigenvalue weighted by atomic mass is 14.9. The van der Waals surface area contributed by atoms with Crippen LogP contribution < -0.4 is 18.3 Å². The first-order chi connectivity index (χ1) is 60.3. The number of benzene rings is 8. The summed E-state index contributed by atoms with van der Waals surface area (Å²) in [6.45, 7) is -0.807. The van der Waals surface area contributed by atoms with Crippen LogP contribution in [0.25, 0.3) is 89.5 Å². The molecule has 0 atom stereocenters. The van der Waals surface area contributed by atoms with Gasteiger partial charge in [-0.2, -0.15) is 0 Å². The van der Waals surface area contributed by atoms with Crippen molar-refractivity contribution in [2.24, 2.45) is 33.6 Å². The van der Waals surface area contributed by atoms with Crippen LogP contribution in [0, 0.1) is 81.1 Å². The molecule has 4 aromatic heterocycles. The van der Waals surface area contributed by atoms with E-state index in [9.17, 15) is 0 Å². The Balaban J connectivity index is 0.000000198. The standard InChI is InChI=1S/C25H30N.C22H24N.C21H22N.C20H20N/c1-18-14-19(2)23(15-22(18)21-10-8-7-9-11-21)24-13-12-20(17-26(24)6)16-25(3,4)5;1-15-12-22(23(5)14-18(15)4)21-13-20(16(2)11-17(21)3)19-9-7-6-8-10-19;1-15-10-11-21(22(4)14-15)20-13-19(16(2)12-17(20)3)18-8-6-5-7-9-18;1-15-13-16(2)19(20-11-7-8-12-21(20)3)14-18(15)17-9-5-4-6-10-17/h7-15,17H,16H2,1-6H3;6-14H,1-5H3;5-14H,1-4H3;4-14H,1-3H3/q4*+1/i1D3,7D,8D,9D,10D,11D,16D2;2D3,4D3,6D,7D,8D,9D,10D;1D3,2D3,5D,6D,7D,8D,9D;1D3,4D,5D,6D,9D,10D. The van der Waals surface area contributed by atoms with Gasteiger partial charge in [-0.1, -0.05) is 166 Å². The van der Waals surface area contributed by atoms with Crippen molar-refractivity contribution in [2.45, 2.75) is 103 Å². The third kappa shape index (κ3) is 16.3. The molecule has 0 saturated heterocycles. The third-order valence-electron chi connectivity index (χ3n) is 15.0. The van der Waals surface area contributed by atoms with Gasteiger partial charge in [-0.3, -0.25) is 0 Å².